The number of rotatable bonds is 6. The highest BCUT2D eigenvalue weighted by Crippen LogP contribution is 2.15. The fourth-order valence-electron chi connectivity index (χ4n) is 1.69. The first kappa shape index (κ1) is 14.2. The molecule has 0 saturated carbocycles. The van der Waals surface area contributed by atoms with Gasteiger partial charge in [-0.1, -0.05) is 0 Å². The Kier molecular flexibility index (Phi) is 5.65. The Labute approximate surface area is 109 Å². The van der Waals surface area contributed by atoms with Gasteiger partial charge in [-0.25, -0.2) is 9.97 Å². The van der Waals surface area contributed by atoms with Crippen LogP contribution < -0.4 is 4.90 Å². The zero-order valence-electron chi connectivity index (χ0n) is 11.1. The Hall–Kier alpha value is -0.870. The van der Waals surface area contributed by atoms with Crippen molar-refractivity contribution in [3.8, 4) is 0 Å². The number of halogens is 1. The summed E-state index contributed by atoms with van der Waals surface area (Å²) in [5.41, 5.74) is 0.908. The molecule has 0 fully saturated rings. The van der Waals surface area contributed by atoms with Gasteiger partial charge in [-0.05, 0) is 52.5 Å². The van der Waals surface area contributed by atoms with Crippen LogP contribution in [-0.2, 0) is 0 Å². The van der Waals surface area contributed by atoms with Crippen LogP contribution in [-0.4, -0.2) is 48.6 Å². The van der Waals surface area contributed by atoms with Gasteiger partial charge in [0.1, 0.15) is 5.82 Å². The Bertz CT molecular complexity index is 334. The molecule has 4 nitrogen and oxygen atoms in total. The predicted molar refractivity (Wildman–Crippen MR) is 72.8 cm³/mol. The minimum absolute atomic E-state index is 0.325. The third-order valence-electron chi connectivity index (χ3n) is 2.55. The van der Waals surface area contributed by atoms with Crippen LogP contribution in [0.1, 0.15) is 19.0 Å². The van der Waals surface area contributed by atoms with E-state index in [0.717, 1.165) is 37.6 Å². The van der Waals surface area contributed by atoms with Crippen LogP contribution in [0.15, 0.2) is 6.07 Å². The summed E-state index contributed by atoms with van der Waals surface area (Å²) < 4.78 is 0. The van der Waals surface area contributed by atoms with E-state index >= 15 is 0 Å². The van der Waals surface area contributed by atoms with Crippen molar-refractivity contribution in [2.24, 2.45) is 0 Å². The monoisotopic (exact) mass is 256 g/mol. The van der Waals surface area contributed by atoms with Crippen molar-refractivity contribution in [2.75, 3.05) is 38.6 Å². The van der Waals surface area contributed by atoms with E-state index < -0.39 is 0 Å². The highest BCUT2D eigenvalue weighted by Gasteiger charge is 2.08. The normalized spacial score (nSPS) is 10.9. The molecule has 0 radical (unpaired) electrons. The molecule has 0 aliphatic heterocycles. The maximum atomic E-state index is 5.88. The number of aromatic nitrogens is 2. The average Bonchev–Trinajstić information content (AvgIpc) is 2.22. The molecule has 0 N–H and O–H groups in total. The molecular formula is C12H21ClN4. The maximum Gasteiger partial charge on any atom is 0.224 e. The van der Waals surface area contributed by atoms with Crippen molar-refractivity contribution < 1.29 is 0 Å². The molecule has 0 bridgehead atoms. The maximum absolute atomic E-state index is 5.88. The predicted octanol–water partition coefficient (Wildman–Crippen LogP) is 2.22. The molecule has 17 heavy (non-hydrogen) atoms. The van der Waals surface area contributed by atoms with E-state index in [1.165, 1.54) is 0 Å². The summed E-state index contributed by atoms with van der Waals surface area (Å²) in [6.07, 6.45) is 1.11. The minimum atomic E-state index is 0.325. The number of hydrogen-bond donors (Lipinski definition) is 0. The highest BCUT2D eigenvalue weighted by molar-refractivity contribution is 6.28. The molecule has 1 rings (SSSR count). The first-order chi connectivity index (χ1) is 8.02. The minimum Gasteiger partial charge on any atom is -0.357 e. The van der Waals surface area contributed by atoms with Gasteiger partial charge in [0, 0.05) is 24.8 Å². The molecule has 0 spiro atoms. The van der Waals surface area contributed by atoms with E-state index in [-0.39, 0.29) is 0 Å². The van der Waals surface area contributed by atoms with Crippen LogP contribution in [0.5, 0.6) is 0 Å². The summed E-state index contributed by atoms with van der Waals surface area (Å²) in [6.45, 7) is 7.06. The second-order valence-corrected chi connectivity index (χ2v) is 4.71. The first-order valence-electron chi connectivity index (χ1n) is 5.93. The fraction of sp³-hybridized carbons (Fsp3) is 0.667. The molecule has 0 atom stereocenters. The van der Waals surface area contributed by atoms with Gasteiger partial charge >= 0.3 is 0 Å². The molecule has 0 aromatic carbocycles. The van der Waals surface area contributed by atoms with Crippen LogP contribution in [0.25, 0.3) is 0 Å². The standard InChI is InChI=1S/C12H21ClN4/c1-5-17(8-6-7-16(3)4)11-9-10(2)14-12(13)15-11/h9H,5-8H2,1-4H3. The smallest absolute Gasteiger partial charge is 0.224 e. The third-order valence-corrected chi connectivity index (χ3v) is 2.72. The first-order valence-corrected chi connectivity index (χ1v) is 6.31. The van der Waals surface area contributed by atoms with Crippen molar-refractivity contribution in [2.45, 2.75) is 20.3 Å². The molecule has 1 aromatic heterocycles. The Morgan fingerprint density at radius 2 is 1.94 bits per heavy atom. The largest absolute Gasteiger partial charge is 0.357 e. The molecular weight excluding hydrogens is 236 g/mol. The van der Waals surface area contributed by atoms with Gasteiger partial charge in [-0.2, -0.15) is 0 Å². The van der Waals surface area contributed by atoms with Crippen molar-refractivity contribution in [3.63, 3.8) is 0 Å². The summed E-state index contributed by atoms with van der Waals surface area (Å²) in [4.78, 5) is 12.8. The number of hydrogen-bond acceptors (Lipinski definition) is 4. The second kappa shape index (κ2) is 6.77. The van der Waals surface area contributed by atoms with E-state index in [4.69, 9.17) is 11.6 Å². The van der Waals surface area contributed by atoms with Crippen LogP contribution in [0.2, 0.25) is 5.28 Å². The summed E-state index contributed by atoms with van der Waals surface area (Å²) in [6, 6.07) is 1.98. The number of aryl methyl sites for hydroxylation is 1. The van der Waals surface area contributed by atoms with Crippen LogP contribution in [0.4, 0.5) is 5.82 Å². The quantitative estimate of drug-likeness (QED) is 0.731. The van der Waals surface area contributed by atoms with E-state index in [9.17, 15) is 0 Å². The summed E-state index contributed by atoms with van der Waals surface area (Å²) >= 11 is 5.88. The Balaban J connectivity index is 2.65. The van der Waals surface area contributed by atoms with Crippen molar-refractivity contribution in [3.05, 3.63) is 17.0 Å². The lowest BCUT2D eigenvalue weighted by molar-refractivity contribution is 0.400. The molecule has 0 unspecified atom stereocenters. The number of nitrogens with zero attached hydrogens (tertiary/aromatic N) is 4. The zero-order valence-corrected chi connectivity index (χ0v) is 11.8. The number of anilines is 1. The van der Waals surface area contributed by atoms with Gasteiger partial charge in [0.2, 0.25) is 5.28 Å². The molecule has 0 aliphatic rings. The van der Waals surface area contributed by atoms with Crippen LogP contribution in [0, 0.1) is 6.92 Å². The molecule has 5 heteroatoms. The summed E-state index contributed by atoms with van der Waals surface area (Å²) in [5, 5.41) is 0.325. The molecule has 1 heterocycles. The second-order valence-electron chi connectivity index (χ2n) is 4.37. The van der Waals surface area contributed by atoms with Gasteiger partial charge < -0.3 is 9.80 Å². The lowest BCUT2D eigenvalue weighted by Gasteiger charge is -2.23. The van der Waals surface area contributed by atoms with Gasteiger partial charge in [-0.15, -0.1) is 0 Å². The van der Waals surface area contributed by atoms with E-state index in [1.54, 1.807) is 0 Å². The van der Waals surface area contributed by atoms with Gasteiger partial charge in [0.15, 0.2) is 0 Å². The fourth-order valence-corrected chi connectivity index (χ4v) is 1.91. The average molecular weight is 257 g/mol. The van der Waals surface area contributed by atoms with Crippen LogP contribution >= 0.6 is 11.6 Å². The third kappa shape index (κ3) is 4.88. The van der Waals surface area contributed by atoms with Crippen LogP contribution in [0.3, 0.4) is 0 Å². The van der Waals surface area contributed by atoms with E-state index in [2.05, 4.69) is 40.8 Å². The van der Waals surface area contributed by atoms with E-state index in [1.807, 2.05) is 13.0 Å². The van der Waals surface area contributed by atoms with E-state index in [0.29, 0.717) is 5.28 Å². The topological polar surface area (TPSA) is 32.3 Å². The van der Waals surface area contributed by atoms with Crippen molar-refractivity contribution >= 4 is 17.4 Å². The van der Waals surface area contributed by atoms with Gasteiger partial charge in [0.05, 0.1) is 0 Å². The van der Waals surface area contributed by atoms with Crippen molar-refractivity contribution in [1.82, 2.24) is 14.9 Å². The Morgan fingerprint density at radius 3 is 2.47 bits per heavy atom. The van der Waals surface area contributed by atoms with Crippen molar-refractivity contribution in [1.29, 1.82) is 0 Å². The molecule has 0 aliphatic carbocycles. The SMILES string of the molecule is CCN(CCCN(C)C)c1cc(C)nc(Cl)n1. The lowest BCUT2D eigenvalue weighted by atomic mass is 10.3. The van der Waals surface area contributed by atoms with Gasteiger partial charge in [-0.3, -0.25) is 0 Å². The zero-order chi connectivity index (χ0) is 12.8. The summed E-state index contributed by atoms with van der Waals surface area (Å²) in [5.74, 6) is 0.920. The van der Waals surface area contributed by atoms with Gasteiger partial charge in [0.25, 0.3) is 0 Å². The molecule has 0 amide bonds. The molecule has 1 aromatic rings. The lowest BCUT2D eigenvalue weighted by Crippen LogP contribution is -2.28. The highest BCUT2D eigenvalue weighted by atomic mass is 35.5. The molecule has 96 valence electrons. The molecule has 0 saturated heterocycles. The Morgan fingerprint density at radius 1 is 1.24 bits per heavy atom. The summed E-state index contributed by atoms with van der Waals surface area (Å²) in [7, 11) is 4.17.